The summed E-state index contributed by atoms with van der Waals surface area (Å²) in [5.41, 5.74) is 0.641. The van der Waals surface area contributed by atoms with E-state index in [1.165, 1.54) is 7.11 Å². The molecule has 7 nitrogen and oxygen atoms in total. The van der Waals surface area contributed by atoms with Crippen molar-refractivity contribution in [3.8, 4) is 5.75 Å². The Morgan fingerprint density at radius 1 is 1.29 bits per heavy atom. The van der Waals surface area contributed by atoms with Gasteiger partial charge in [0, 0.05) is 19.6 Å². The Kier molecular flexibility index (Phi) is 6.06. The lowest BCUT2D eigenvalue weighted by molar-refractivity contribution is 0.106. The van der Waals surface area contributed by atoms with Crippen LogP contribution >= 0.6 is 0 Å². The largest absolute Gasteiger partial charge is 0.497 e. The van der Waals surface area contributed by atoms with Crippen molar-refractivity contribution < 1.29 is 22.7 Å². The quantitative estimate of drug-likeness (QED) is 0.869. The molecular weight excluding hydrogens is 332 g/mol. The molecule has 0 unspecified atom stereocenters. The van der Waals surface area contributed by atoms with E-state index in [0.717, 1.165) is 12.8 Å². The summed E-state index contributed by atoms with van der Waals surface area (Å²) < 4.78 is 37.4. The van der Waals surface area contributed by atoms with Gasteiger partial charge in [0.1, 0.15) is 5.75 Å². The summed E-state index contributed by atoms with van der Waals surface area (Å²) in [6.45, 7) is 3.27. The van der Waals surface area contributed by atoms with Crippen molar-refractivity contribution in [2.75, 3.05) is 33.9 Å². The predicted octanol–water partition coefficient (Wildman–Crippen LogP) is 1.76. The molecule has 0 spiro atoms. The molecule has 0 atom stereocenters. The van der Waals surface area contributed by atoms with Crippen molar-refractivity contribution in [1.29, 1.82) is 0 Å². The Morgan fingerprint density at radius 2 is 1.96 bits per heavy atom. The Hall–Kier alpha value is -1.80. The number of carbonyl (C=O) groups is 1. The Balaban J connectivity index is 1.93. The van der Waals surface area contributed by atoms with Gasteiger partial charge in [-0.15, -0.1) is 0 Å². The monoisotopic (exact) mass is 356 g/mol. The normalized spacial score (nSPS) is 16.0. The van der Waals surface area contributed by atoms with Crippen molar-refractivity contribution in [3.63, 3.8) is 0 Å². The maximum absolute atomic E-state index is 12.5. The van der Waals surface area contributed by atoms with Crippen molar-refractivity contribution in [2.24, 2.45) is 5.92 Å². The number of hydrogen-bond donors (Lipinski definition) is 1. The van der Waals surface area contributed by atoms with E-state index < -0.39 is 10.0 Å². The fourth-order valence-electron chi connectivity index (χ4n) is 2.80. The highest BCUT2D eigenvalue weighted by atomic mass is 32.2. The molecule has 1 aromatic carbocycles. The molecule has 1 aliphatic rings. The molecule has 24 heavy (non-hydrogen) atoms. The van der Waals surface area contributed by atoms with Gasteiger partial charge in [-0.3, -0.25) is 0 Å². The molecule has 8 heteroatoms. The fourth-order valence-corrected chi connectivity index (χ4v) is 4.15. The second kappa shape index (κ2) is 7.85. The highest BCUT2D eigenvalue weighted by Gasteiger charge is 2.25. The number of rotatable bonds is 5. The highest BCUT2D eigenvalue weighted by molar-refractivity contribution is 7.89. The minimum Gasteiger partial charge on any atom is -0.497 e. The number of hydrogen-bond acceptors (Lipinski definition) is 5. The lowest BCUT2D eigenvalue weighted by atomic mass is 9.97. The first-order valence-corrected chi connectivity index (χ1v) is 9.33. The first kappa shape index (κ1) is 18.5. The van der Waals surface area contributed by atoms with Gasteiger partial charge in [-0.2, -0.15) is 0 Å². The van der Waals surface area contributed by atoms with Crippen LogP contribution < -0.4 is 9.46 Å². The summed E-state index contributed by atoms with van der Waals surface area (Å²) in [5, 5.41) is 0. The van der Waals surface area contributed by atoms with Crippen LogP contribution in [0.2, 0.25) is 0 Å². The van der Waals surface area contributed by atoms with Gasteiger partial charge in [-0.25, -0.2) is 17.9 Å². The number of ether oxygens (including phenoxy) is 2. The van der Waals surface area contributed by atoms with Gasteiger partial charge in [0.15, 0.2) is 0 Å². The van der Waals surface area contributed by atoms with Crippen LogP contribution in [-0.2, 0) is 14.8 Å². The topological polar surface area (TPSA) is 84.9 Å². The third-order valence-corrected chi connectivity index (χ3v) is 5.86. The molecule has 1 aliphatic heterocycles. The summed E-state index contributed by atoms with van der Waals surface area (Å²) in [7, 11) is -0.656. The van der Waals surface area contributed by atoms with E-state index in [2.05, 4.69) is 4.72 Å². The number of benzene rings is 1. The molecule has 1 heterocycles. The minimum atomic E-state index is -3.56. The average Bonchev–Trinajstić information content (AvgIpc) is 2.59. The third-order valence-electron chi connectivity index (χ3n) is 4.28. The second-order valence-electron chi connectivity index (χ2n) is 5.88. The van der Waals surface area contributed by atoms with Gasteiger partial charge in [0.2, 0.25) is 10.0 Å². The zero-order chi connectivity index (χ0) is 17.7. The summed E-state index contributed by atoms with van der Waals surface area (Å²) in [5.74, 6) is 0.834. The van der Waals surface area contributed by atoms with E-state index in [-0.39, 0.29) is 16.9 Å². The molecule has 134 valence electrons. The molecule has 0 radical (unpaired) electrons. The van der Waals surface area contributed by atoms with Gasteiger partial charge in [0.25, 0.3) is 0 Å². The minimum absolute atomic E-state index is 0.208. The van der Waals surface area contributed by atoms with Gasteiger partial charge < -0.3 is 14.4 Å². The molecule has 1 fully saturated rings. The standard InChI is InChI=1S/C16H24N2O5S/c1-12-10-14(22-2)4-5-15(12)24(20,21)17-11-13-6-8-18(9-7-13)16(19)23-3/h4-5,10,13,17H,6-9,11H2,1-3H3. The predicted molar refractivity (Wildman–Crippen MR) is 89.6 cm³/mol. The molecular formula is C16H24N2O5S. The van der Waals surface area contributed by atoms with Crippen LogP contribution in [0.5, 0.6) is 5.75 Å². The number of methoxy groups -OCH3 is 2. The number of aryl methyl sites for hydroxylation is 1. The lowest BCUT2D eigenvalue weighted by Gasteiger charge is -2.30. The smallest absolute Gasteiger partial charge is 0.409 e. The van der Waals surface area contributed by atoms with E-state index in [4.69, 9.17) is 9.47 Å². The second-order valence-corrected chi connectivity index (χ2v) is 7.62. The highest BCUT2D eigenvalue weighted by Crippen LogP contribution is 2.22. The van der Waals surface area contributed by atoms with Crippen molar-refractivity contribution >= 4 is 16.1 Å². The lowest BCUT2D eigenvalue weighted by Crippen LogP contribution is -2.41. The molecule has 0 saturated carbocycles. The number of sulfonamides is 1. The SMILES string of the molecule is COC(=O)N1CCC(CNS(=O)(=O)c2ccc(OC)cc2C)CC1. The molecule has 0 aliphatic carbocycles. The zero-order valence-corrected chi connectivity index (χ0v) is 15.1. The number of nitrogens with zero attached hydrogens (tertiary/aromatic N) is 1. The van der Waals surface area contributed by atoms with E-state index in [0.29, 0.717) is 30.9 Å². The molecule has 0 aromatic heterocycles. The van der Waals surface area contributed by atoms with Crippen molar-refractivity contribution in [2.45, 2.75) is 24.7 Å². The van der Waals surface area contributed by atoms with Crippen LogP contribution in [0.4, 0.5) is 4.79 Å². The Bertz CT molecular complexity index is 682. The fraction of sp³-hybridized carbons (Fsp3) is 0.562. The average molecular weight is 356 g/mol. The Morgan fingerprint density at radius 3 is 2.50 bits per heavy atom. The first-order chi connectivity index (χ1) is 11.4. The number of piperidine rings is 1. The van der Waals surface area contributed by atoms with E-state index in [1.807, 2.05) is 0 Å². The Labute approximate surface area is 143 Å². The van der Waals surface area contributed by atoms with Gasteiger partial charge >= 0.3 is 6.09 Å². The molecule has 1 amide bonds. The first-order valence-electron chi connectivity index (χ1n) is 7.84. The summed E-state index contributed by atoms with van der Waals surface area (Å²) >= 11 is 0. The van der Waals surface area contributed by atoms with E-state index in [1.54, 1.807) is 37.1 Å². The molecule has 1 saturated heterocycles. The van der Waals surface area contributed by atoms with Crippen LogP contribution in [0.25, 0.3) is 0 Å². The maximum atomic E-state index is 12.5. The summed E-state index contributed by atoms with van der Waals surface area (Å²) in [4.78, 5) is 13.3. The molecule has 1 N–H and O–H groups in total. The maximum Gasteiger partial charge on any atom is 0.409 e. The van der Waals surface area contributed by atoms with Crippen molar-refractivity contribution in [1.82, 2.24) is 9.62 Å². The van der Waals surface area contributed by atoms with E-state index >= 15 is 0 Å². The number of likely N-dealkylation sites (tertiary alicyclic amines) is 1. The molecule has 2 rings (SSSR count). The van der Waals surface area contributed by atoms with Crippen LogP contribution in [0.3, 0.4) is 0 Å². The third kappa shape index (κ3) is 4.39. The van der Waals surface area contributed by atoms with Crippen LogP contribution in [0.15, 0.2) is 23.1 Å². The number of amides is 1. The van der Waals surface area contributed by atoms with Gasteiger partial charge in [0.05, 0.1) is 19.1 Å². The number of nitrogens with one attached hydrogen (secondary N) is 1. The summed E-state index contributed by atoms with van der Waals surface area (Å²) in [6, 6.07) is 4.89. The van der Waals surface area contributed by atoms with Crippen LogP contribution in [0, 0.1) is 12.8 Å². The summed E-state index contributed by atoms with van der Waals surface area (Å²) in [6.07, 6.45) is 1.17. The van der Waals surface area contributed by atoms with Gasteiger partial charge in [-0.05, 0) is 49.4 Å². The zero-order valence-electron chi connectivity index (χ0n) is 14.2. The van der Waals surface area contributed by atoms with Gasteiger partial charge in [-0.1, -0.05) is 0 Å². The van der Waals surface area contributed by atoms with Crippen LogP contribution in [-0.4, -0.2) is 53.3 Å². The molecule has 0 bridgehead atoms. The van der Waals surface area contributed by atoms with E-state index in [9.17, 15) is 13.2 Å². The van der Waals surface area contributed by atoms with Crippen LogP contribution in [0.1, 0.15) is 18.4 Å². The molecule has 1 aromatic rings. The van der Waals surface area contributed by atoms with Crippen molar-refractivity contribution in [3.05, 3.63) is 23.8 Å². The number of carbonyl (C=O) groups excluding carboxylic acids is 1.